The van der Waals surface area contributed by atoms with Crippen LogP contribution in [0.3, 0.4) is 0 Å². The monoisotopic (exact) mass is 229 g/mol. The Kier molecular flexibility index (Phi) is 3.97. The van der Waals surface area contributed by atoms with Crippen molar-refractivity contribution in [2.24, 2.45) is 11.8 Å². The van der Waals surface area contributed by atoms with Crippen LogP contribution in [-0.2, 0) is 0 Å². The Labute approximate surface area is 97.2 Å². The molecule has 0 radical (unpaired) electrons. The molecule has 0 saturated heterocycles. The van der Waals surface area contributed by atoms with E-state index in [4.69, 9.17) is 0 Å². The number of hydrogen-bond donors (Lipinski definition) is 2. The van der Waals surface area contributed by atoms with Crippen LogP contribution in [0.25, 0.3) is 0 Å². The van der Waals surface area contributed by atoms with E-state index in [-0.39, 0.29) is 6.61 Å². The van der Waals surface area contributed by atoms with Crippen molar-refractivity contribution in [3.8, 4) is 0 Å². The van der Waals surface area contributed by atoms with Crippen molar-refractivity contribution in [1.82, 2.24) is 5.32 Å². The van der Waals surface area contributed by atoms with Gasteiger partial charge in [-0.3, -0.25) is 0 Å². The lowest BCUT2D eigenvalue weighted by atomic mass is 10.1. The molecule has 2 atom stereocenters. The van der Waals surface area contributed by atoms with Gasteiger partial charge in [-0.25, -0.2) is 0 Å². The van der Waals surface area contributed by atoms with E-state index in [0.29, 0.717) is 11.3 Å². The first-order chi connectivity index (χ1) is 7.26. The summed E-state index contributed by atoms with van der Waals surface area (Å²) >= 11 is 1.77. The largest absolute Gasteiger partial charge is 0.395 e. The van der Waals surface area contributed by atoms with Crippen molar-refractivity contribution >= 4 is 11.8 Å². The molecule has 2 aliphatic carbocycles. The minimum atomic E-state index is 0.289. The van der Waals surface area contributed by atoms with Gasteiger partial charge in [0.1, 0.15) is 0 Å². The Morgan fingerprint density at radius 3 is 2.13 bits per heavy atom. The normalized spacial score (nSPS) is 25.6. The van der Waals surface area contributed by atoms with E-state index in [1.54, 1.807) is 11.8 Å². The summed E-state index contributed by atoms with van der Waals surface area (Å²) in [7, 11) is 0. The van der Waals surface area contributed by atoms with Crippen LogP contribution in [0.15, 0.2) is 0 Å². The molecule has 2 fully saturated rings. The summed E-state index contributed by atoms with van der Waals surface area (Å²) in [6.45, 7) is 2.51. The van der Waals surface area contributed by atoms with Crippen LogP contribution in [0.5, 0.6) is 0 Å². The Bertz CT molecular complexity index is 188. The van der Waals surface area contributed by atoms with Gasteiger partial charge in [-0.15, -0.1) is 0 Å². The Morgan fingerprint density at radius 1 is 1.27 bits per heavy atom. The fourth-order valence-electron chi connectivity index (χ4n) is 2.42. The third-order valence-corrected chi connectivity index (χ3v) is 4.92. The summed E-state index contributed by atoms with van der Waals surface area (Å²) < 4.78 is 0. The van der Waals surface area contributed by atoms with E-state index in [0.717, 1.165) is 17.9 Å². The average Bonchev–Trinajstić information content (AvgIpc) is 3.08. The van der Waals surface area contributed by atoms with Gasteiger partial charge in [0.25, 0.3) is 0 Å². The average molecular weight is 229 g/mol. The lowest BCUT2D eigenvalue weighted by molar-refractivity contribution is 0.262. The number of rotatable bonds is 7. The second-order valence-corrected chi connectivity index (χ2v) is 6.19. The number of thioether (sulfide) groups is 1. The maximum atomic E-state index is 9.26. The first kappa shape index (κ1) is 11.7. The molecule has 2 rings (SSSR count). The standard InChI is InChI=1S/C12H23NOS/c1-8(11(7-14)15-2)13-12(9-3-4-9)10-5-6-10/h8-14H,3-7H2,1-2H3. The van der Waals surface area contributed by atoms with Crippen molar-refractivity contribution in [1.29, 1.82) is 0 Å². The van der Waals surface area contributed by atoms with Crippen LogP contribution < -0.4 is 5.32 Å². The summed E-state index contributed by atoms with van der Waals surface area (Å²) in [5, 5.41) is 13.4. The molecule has 3 heteroatoms. The second-order valence-electron chi connectivity index (χ2n) is 5.11. The van der Waals surface area contributed by atoms with Crippen molar-refractivity contribution in [2.45, 2.75) is 49.9 Å². The maximum absolute atomic E-state index is 9.26. The van der Waals surface area contributed by atoms with Crippen LogP contribution in [0.2, 0.25) is 0 Å². The van der Waals surface area contributed by atoms with Gasteiger partial charge in [-0.2, -0.15) is 11.8 Å². The molecule has 0 spiro atoms. The smallest absolute Gasteiger partial charge is 0.0564 e. The highest BCUT2D eigenvalue weighted by molar-refractivity contribution is 7.99. The van der Waals surface area contributed by atoms with Gasteiger partial charge in [-0.1, -0.05) is 0 Å². The predicted octanol–water partition coefficient (Wildman–Crippen LogP) is 1.88. The molecule has 2 N–H and O–H groups in total. The van der Waals surface area contributed by atoms with E-state index in [1.807, 2.05) is 0 Å². The van der Waals surface area contributed by atoms with E-state index < -0.39 is 0 Å². The fraction of sp³-hybridized carbons (Fsp3) is 1.00. The van der Waals surface area contributed by atoms with E-state index >= 15 is 0 Å². The summed E-state index contributed by atoms with van der Waals surface area (Å²) in [6, 6.07) is 1.19. The number of aliphatic hydroxyl groups excluding tert-OH is 1. The highest BCUT2D eigenvalue weighted by Crippen LogP contribution is 2.44. The van der Waals surface area contributed by atoms with E-state index in [9.17, 15) is 5.11 Å². The van der Waals surface area contributed by atoms with Gasteiger partial charge in [0.2, 0.25) is 0 Å². The van der Waals surface area contributed by atoms with Gasteiger partial charge < -0.3 is 10.4 Å². The Morgan fingerprint density at radius 2 is 1.80 bits per heavy atom. The third-order valence-electron chi connectivity index (χ3n) is 3.76. The molecule has 2 aliphatic rings. The highest BCUT2D eigenvalue weighted by atomic mass is 32.2. The lowest BCUT2D eigenvalue weighted by Gasteiger charge is -2.27. The van der Waals surface area contributed by atoms with Gasteiger partial charge in [-0.05, 0) is 50.7 Å². The Hall–Kier alpha value is 0.270. The van der Waals surface area contributed by atoms with E-state index in [1.165, 1.54) is 25.7 Å². The minimum absolute atomic E-state index is 0.289. The molecular formula is C12H23NOS. The van der Waals surface area contributed by atoms with Gasteiger partial charge in [0, 0.05) is 17.3 Å². The quantitative estimate of drug-likeness (QED) is 0.699. The molecule has 2 nitrogen and oxygen atoms in total. The molecule has 0 aromatic heterocycles. The van der Waals surface area contributed by atoms with Gasteiger partial charge >= 0.3 is 0 Å². The molecular weight excluding hydrogens is 206 g/mol. The lowest BCUT2D eigenvalue weighted by Crippen LogP contribution is -2.45. The van der Waals surface area contributed by atoms with Crippen molar-refractivity contribution in [3.63, 3.8) is 0 Å². The van der Waals surface area contributed by atoms with E-state index in [2.05, 4.69) is 18.5 Å². The molecule has 0 aliphatic heterocycles. The second kappa shape index (κ2) is 5.07. The summed E-state index contributed by atoms with van der Waals surface area (Å²) in [5.74, 6) is 1.89. The van der Waals surface area contributed by atoms with Crippen LogP contribution in [0.4, 0.5) is 0 Å². The number of hydrogen-bond acceptors (Lipinski definition) is 3. The number of nitrogens with one attached hydrogen (secondary N) is 1. The topological polar surface area (TPSA) is 32.3 Å². The minimum Gasteiger partial charge on any atom is -0.395 e. The molecule has 0 bridgehead atoms. The zero-order valence-electron chi connectivity index (χ0n) is 9.78. The van der Waals surface area contributed by atoms with Crippen LogP contribution in [0, 0.1) is 11.8 Å². The zero-order valence-corrected chi connectivity index (χ0v) is 10.6. The van der Waals surface area contributed by atoms with Crippen LogP contribution >= 0.6 is 11.8 Å². The molecule has 15 heavy (non-hydrogen) atoms. The zero-order chi connectivity index (χ0) is 10.8. The predicted molar refractivity (Wildman–Crippen MR) is 66.2 cm³/mol. The molecule has 0 aromatic carbocycles. The molecule has 2 saturated carbocycles. The molecule has 2 unspecified atom stereocenters. The van der Waals surface area contributed by atoms with Gasteiger partial charge in [0.15, 0.2) is 0 Å². The maximum Gasteiger partial charge on any atom is 0.0564 e. The van der Waals surface area contributed by atoms with Crippen LogP contribution in [0.1, 0.15) is 32.6 Å². The van der Waals surface area contributed by atoms with Crippen molar-refractivity contribution in [2.75, 3.05) is 12.9 Å². The Balaban J connectivity index is 1.81. The SMILES string of the molecule is CSC(CO)C(C)NC(C1CC1)C1CC1. The highest BCUT2D eigenvalue weighted by Gasteiger charge is 2.42. The number of aliphatic hydroxyl groups is 1. The summed E-state index contributed by atoms with van der Waals surface area (Å²) in [4.78, 5) is 0. The van der Waals surface area contributed by atoms with Crippen molar-refractivity contribution < 1.29 is 5.11 Å². The van der Waals surface area contributed by atoms with Crippen LogP contribution in [-0.4, -0.2) is 35.3 Å². The summed E-state index contributed by atoms with van der Waals surface area (Å²) in [6.07, 6.45) is 7.77. The molecule has 0 heterocycles. The van der Waals surface area contributed by atoms with Crippen molar-refractivity contribution in [3.05, 3.63) is 0 Å². The first-order valence-corrected chi connectivity index (χ1v) is 7.44. The molecule has 0 amide bonds. The van der Waals surface area contributed by atoms with Gasteiger partial charge in [0.05, 0.1) is 6.61 Å². The molecule has 0 aromatic rings. The third kappa shape index (κ3) is 3.11. The summed E-state index contributed by atoms with van der Waals surface area (Å²) in [5.41, 5.74) is 0. The fourth-order valence-corrected chi connectivity index (χ4v) is 3.05. The first-order valence-electron chi connectivity index (χ1n) is 6.16. The molecule has 88 valence electrons.